The SMILES string of the molecule is Cc1ccc(C2CC(c3ccc(Br)cc3)=NN2C(=O)CSc2nc3c(c(=O)n2-c2ccccc2)SCC3)cc1. The highest BCUT2D eigenvalue weighted by Gasteiger charge is 2.33. The first kappa shape index (κ1) is 26.1. The zero-order valence-electron chi connectivity index (χ0n) is 21.2. The number of thioether (sulfide) groups is 2. The van der Waals surface area contributed by atoms with Crippen molar-refractivity contribution in [2.75, 3.05) is 11.5 Å². The molecule has 3 aromatic carbocycles. The van der Waals surface area contributed by atoms with Crippen LogP contribution in [0.25, 0.3) is 5.69 Å². The van der Waals surface area contributed by atoms with Gasteiger partial charge in [0.1, 0.15) is 0 Å². The molecule has 0 fully saturated rings. The molecule has 3 heterocycles. The fourth-order valence-corrected chi connectivity index (χ4v) is 6.96. The Labute approximate surface area is 243 Å². The normalized spacial score (nSPS) is 16.3. The summed E-state index contributed by atoms with van der Waals surface area (Å²) in [6, 6.07) is 25.6. The van der Waals surface area contributed by atoms with Crippen LogP contribution >= 0.6 is 39.5 Å². The van der Waals surface area contributed by atoms with E-state index in [4.69, 9.17) is 10.1 Å². The standard InChI is InChI=1S/C30H25BrN4O2S2/c1-19-7-9-21(10-8-19)26-17-25(20-11-13-22(31)14-12-20)33-35(26)27(36)18-39-30-32-24-15-16-38-28(24)29(37)34(30)23-5-3-2-4-6-23/h2-14,26H,15-18H2,1H3. The van der Waals surface area contributed by atoms with Crippen LogP contribution in [0.1, 0.15) is 34.8 Å². The molecule has 0 saturated heterocycles. The molecule has 9 heteroatoms. The number of halogens is 1. The van der Waals surface area contributed by atoms with E-state index in [1.165, 1.54) is 17.3 Å². The second-order valence-corrected chi connectivity index (χ2v) is 12.4. The Morgan fingerprint density at radius 3 is 2.54 bits per heavy atom. The number of aromatic nitrogens is 2. The van der Waals surface area contributed by atoms with E-state index in [2.05, 4.69) is 47.1 Å². The third kappa shape index (κ3) is 5.35. The summed E-state index contributed by atoms with van der Waals surface area (Å²) < 4.78 is 2.63. The van der Waals surface area contributed by atoms with E-state index in [9.17, 15) is 9.59 Å². The molecule has 1 amide bonds. The number of hydrogen-bond acceptors (Lipinski definition) is 6. The molecule has 0 aliphatic carbocycles. The molecule has 39 heavy (non-hydrogen) atoms. The molecule has 0 N–H and O–H groups in total. The largest absolute Gasteiger partial charge is 0.272 e. The van der Waals surface area contributed by atoms with Crippen LogP contribution in [0, 0.1) is 6.92 Å². The number of carbonyl (C=O) groups excluding carboxylic acids is 1. The summed E-state index contributed by atoms with van der Waals surface area (Å²) in [6.07, 6.45) is 1.39. The predicted molar refractivity (Wildman–Crippen MR) is 161 cm³/mol. The zero-order valence-corrected chi connectivity index (χ0v) is 24.4. The van der Waals surface area contributed by atoms with Crippen molar-refractivity contribution >= 4 is 51.1 Å². The average Bonchev–Trinajstić information content (AvgIpc) is 3.61. The predicted octanol–water partition coefficient (Wildman–Crippen LogP) is 6.42. The Morgan fingerprint density at radius 1 is 1.05 bits per heavy atom. The Balaban J connectivity index is 1.31. The minimum atomic E-state index is -0.196. The van der Waals surface area contributed by atoms with Crippen molar-refractivity contribution < 1.29 is 4.79 Å². The number of carbonyl (C=O) groups is 1. The number of nitrogens with zero attached hydrogens (tertiary/aromatic N) is 4. The Morgan fingerprint density at radius 2 is 1.79 bits per heavy atom. The highest BCUT2D eigenvalue weighted by atomic mass is 79.9. The van der Waals surface area contributed by atoms with Crippen LogP contribution < -0.4 is 5.56 Å². The molecule has 4 aromatic rings. The van der Waals surface area contributed by atoms with E-state index in [0.717, 1.165) is 44.9 Å². The third-order valence-electron chi connectivity index (χ3n) is 6.81. The Kier molecular flexibility index (Phi) is 7.47. The van der Waals surface area contributed by atoms with Gasteiger partial charge in [0.25, 0.3) is 11.5 Å². The van der Waals surface area contributed by atoms with Crippen molar-refractivity contribution in [3.63, 3.8) is 0 Å². The van der Waals surface area contributed by atoms with Gasteiger partial charge in [-0.25, -0.2) is 9.99 Å². The summed E-state index contributed by atoms with van der Waals surface area (Å²) in [5.41, 5.74) is 5.57. The lowest BCUT2D eigenvalue weighted by Gasteiger charge is -2.22. The van der Waals surface area contributed by atoms with Gasteiger partial charge < -0.3 is 0 Å². The van der Waals surface area contributed by atoms with Crippen LogP contribution in [-0.2, 0) is 11.2 Å². The number of hydrazone groups is 1. The molecule has 1 aromatic heterocycles. The van der Waals surface area contributed by atoms with E-state index >= 15 is 0 Å². The van der Waals surface area contributed by atoms with Gasteiger partial charge in [0.05, 0.1) is 33.8 Å². The number of amides is 1. The van der Waals surface area contributed by atoms with Crippen molar-refractivity contribution in [3.05, 3.63) is 116 Å². The highest BCUT2D eigenvalue weighted by molar-refractivity contribution is 9.10. The number of fused-ring (bicyclic) bond motifs is 1. The number of hydrogen-bond donors (Lipinski definition) is 0. The molecule has 6 rings (SSSR count). The minimum Gasteiger partial charge on any atom is -0.272 e. The number of aryl methyl sites for hydroxylation is 2. The summed E-state index contributed by atoms with van der Waals surface area (Å²) in [6.45, 7) is 2.05. The minimum absolute atomic E-state index is 0.0714. The van der Waals surface area contributed by atoms with Gasteiger partial charge in [-0.05, 0) is 42.3 Å². The van der Waals surface area contributed by atoms with Crippen LogP contribution in [0.3, 0.4) is 0 Å². The average molecular weight is 618 g/mol. The van der Waals surface area contributed by atoms with Crippen LogP contribution in [0.2, 0.25) is 0 Å². The quantitative estimate of drug-likeness (QED) is 0.185. The first-order chi connectivity index (χ1) is 19.0. The van der Waals surface area contributed by atoms with Gasteiger partial charge in [-0.2, -0.15) is 5.10 Å². The molecule has 0 radical (unpaired) electrons. The van der Waals surface area contributed by atoms with Crippen molar-refractivity contribution in [3.8, 4) is 5.69 Å². The fourth-order valence-electron chi connectivity index (χ4n) is 4.79. The monoisotopic (exact) mass is 616 g/mol. The molecule has 0 spiro atoms. The first-order valence-electron chi connectivity index (χ1n) is 12.7. The van der Waals surface area contributed by atoms with Gasteiger partial charge in [-0.3, -0.25) is 14.2 Å². The van der Waals surface area contributed by atoms with E-state index in [1.807, 2.05) is 54.6 Å². The lowest BCUT2D eigenvalue weighted by Crippen LogP contribution is -2.29. The van der Waals surface area contributed by atoms with Gasteiger partial charge in [0.2, 0.25) is 0 Å². The maximum absolute atomic E-state index is 13.7. The van der Waals surface area contributed by atoms with Crippen molar-refractivity contribution in [2.24, 2.45) is 5.10 Å². The second kappa shape index (κ2) is 11.2. The topological polar surface area (TPSA) is 67.6 Å². The third-order valence-corrected chi connectivity index (χ3v) is 9.37. The fraction of sp³-hybridized carbons (Fsp3) is 0.200. The molecule has 0 bridgehead atoms. The smallest absolute Gasteiger partial charge is 0.272 e. The van der Waals surface area contributed by atoms with E-state index in [1.54, 1.807) is 21.3 Å². The van der Waals surface area contributed by atoms with Crippen LogP contribution in [-0.4, -0.2) is 37.7 Å². The molecular formula is C30H25BrN4O2S2. The van der Waals surface area contributed by atoms with E-state index < -0.39 is 0 Å². The molecule has 6 nitrogen and oxygen atoms in total. The van der Waals surface area contributed by atoms with Crippen LogP contribution in [0.15, 0.2) is 103 Å². The van der Waals surface area contributed by atoms with Crippen molar-refractivity contribution in [2.45, 2.75) is 35.9 Å². The van der Waals surface area contributed by atoms with Crippen molar-refractivity contribution in [1.29, 1.82) is 0 Å². The number of para-hydroxylation sites is 1. The lowest BCUT2D eigenvalue weighted by molar-refractivity contribution is -0.130. The molecule has 196 valence electrons. The maximum atomic E-state index is 13.7. The van der Waals surface area contributed by atoms with Gasteiger partial charge in [0, 0.05) is 23.1 Å². The van der Waals surface area contributed by atoms with Crippen LogP contribution in [0.5, 0.6) is 0 Å². The number of benzene rings is 3. The van der Waals surface area contributed by atoms with Gasteiger partial charge in [0.15, 0.2) is 5.16 Å². The summed E-state index contributed by atoms with van der Waals surface area (Å²) in [5, 5.41) is 6.96. The molecule has 0 saturated carbocycles. The summed E-state index contributed by atoms with van der Waals surface area (Å²) in [5.74, 6) is 0.838. The highest BCUT2D eigenvalue weighted by Crippen LogP contribution is 2.35. The Hall–Kier alpha value is -3.14. The molecule has 1 atom stereocenters. The molecular weight excluding hydrogens is 592 g/mol. The van der Waals surface area contributed by atoms with Crippen LogP contribution in [0.4, 0.5) is 0 Å². The summed E-state index contributed by atoms with van der Waals surface area (Å²) in [7, 11) is 0. The first-order valence-corrected chi connectivity index (χ1v) is 15.4. The Bertz CT molecular complexity index is 1620. The zero-order chi connectivity index (χ0) is 26.9. The van der Waals surface area contributed by atoms with E-state index in [-0.39, 0.29) is 23.3 Å². The van der Waals surface area contributed by atoms with Gasteiger partial charge in [-0.1, -0.05) is 87.9 Å². The molecule has 1 unspecified atom stereocenters. The number of rotatable bonds is 6. The maximum Gasteiger partial charge on any atom is 0.272 e. The summed E-state index contributed by atoms with van der Waals surface area (Å²) in [4.78, 5) is 32.7. The molecule has 2 aliphatic rings. The molecule has 2 aliphatic heterocycles. The lowest BCUT2D eigenvalue weighted by atomic mass is 9.98. The van der Waals surface area contributed by atoms with Gasteiger partial charge in [-0.15, -0.1) is 11.8 Å². The summed E-state index contributed by atoms with van der Waals surface area (Å²) >= 11 is 6.34. The van der Waals surface area contributed by atoms with E-state index in [0.29, 0.717) is 16.5 Å². The van der Waals surface area contributed by atoms with Crippen molar-refractivity contribution in [1.82, 2.24) is 14.6 Å². The van der Waals surface area contributed by atoms with Gasteiger partial charge >= 0.3 is 0 Å². The second-order valence-electron chi connectivity index (χ2n) is 9.46.